The van der Waals surface area contributed by atoms with Crippen molar-refractivity contribution in [2.24, 2.45) is 0 Å². The Kier molecular flexibility index (Phi) is 3.59. The molecular formula is C13H8ClF3O. The van der Waals surface area contributed by atoms with Gasteiger partial charge < -0.3 is 5.11 Å². The SMILES string of the molecule is OC(c1cccc(Cl)c1)c1cc(F)c(F)c(F)c1. The first-order valence-electron chi connectivity index (χ1n) is 5.07. The van der Waals surface area contributed by atoms with Crippen molar-refractivity contribution in [2.75, 3.05) is 0 Å². The van der Waals surface area contributed by atoms with Crippen LogP contribution in [0.2, 0.25) is 5.02 Å². The van der Waals surface area contributed by atoms with E-state index in [0.717, 1.165) is 12.1 Å². The maximum Gasteiger partial charge on any atom is 0.194 e. The Morgan fingerprint density at radius 1 is 0.944 bits per heavy atom. The van der Waals surface area contributed by atoms with Gasteiger partial charge in [-0.15, -0.1) is 0 Å². The molecule has 0 aromatic heterocycles. The molecule has 18 heavy (non-hydrogen) atoms. The van der Waals surface area contributed by atoms with Gasteiger partial charge in [0.1, 0.15) is 6.10 Å². The Hall–Kier alpha value is -1.52. The number of aliphatic hydroxyl groups excluding tert-OH is 1. The summed E-state index contributed by atoms with van der Waals surface area (Å²) >= 11 is 5.74. The Bertz CT molecular complexity index is 563. The minimum absolute atomic E-state index is 0.0753. The standard InChI is InChI=1S/C13H8ClF3O/c14-9-3-1-2-7(4-9)13(18)8-5-10(15)12(17)11(16)6-8/h1-6,13,18H. The summed E-state index contributed by atoms with van der Waals surface area (Å²) in [5.74, 6) is -4.24. The second-order valence-electron chi connectivity index (χ2n) is 3.76. The van der Waals surface area contributed by atoms with Gasteiger partial charge in [-0.25, -0.2) is 13.2 Å². The van der Waals surface area contributed by atoms with Crippen LogP contribution in [-0.2, 0) is 0 Å². The number of aliphatic hydroxyl groups is 1. The van der Waals surface area contributed by atoms with Gasteiger partial charge in [-0.3, -0.25) is 0 Å². The van der Waals surface area contributed by atoms with Gasteiger partial charge in [-0.2, -0.15) is 0 Å². The van der Waals surface area contributed by atoms with Crippen LogP contribution < -0.4 is 0 Å². The summed E-state index contributed by atoms with van der Waals surface area (Å²) in [6.45, 7) is 0. The second-order valence-corrected chi connectivity index (χ2v) is 4.19. The highest BCUT2D eigenvalue weighted by Gasteiger charge is 2.17. The van der Waals surface area contributed by atoms with E-state index in [2.05, 4.69) is 0 Å². The highest BCUT2D eigenvalue weighted by atomic mass is 35.5. The molecule has 0 amide bonds. The van der Waals surface area contributed by atoms with Crippen LogP contribution in [0.15, 0.2) is 36.4 Å². The lowest BCUT2D eigenvalue weighted by Crippen LogP contribution is -2.03. The van der Waals surface area contributed by atoms with Crippen molar-refractivity contribution in [1.82, 2.24) is 0 Å². The number of hydrogen-bond donors (Lipinski definition) is 1. The van der Waals surface area contributed by atoms with E-state index in [4.69, 9.17) is 11.6 Å². The summed E-state index contributed by atoms with van der Waals surface area (Å²) in [6, 6.07) is 7.72. The van der Waals surface area contributed by atoms with Crippen molar-refractivity contribution in [3.63, 3.8) is 0 Å². The molecule has 5 heteroatoms. The van der Waals surface area contributed by atoms with E-state index in [1.165, 1.54) is 6.07 Å². The molecule has 0 saturated heterocycles. The first-order valence-corrected chi connectivity index (χ1v) is 5.45. The number of rotatable bonds is 2. The van der Waals surface area contributed by atoms with Crippen molar-refractivity contribution < 1.29 is 18.3 Å². The summed E-state index contributed by atoms with van der Waals surface area (Å²) in [7, 11) is 0. The Balaban J connectivity index is 2.43. The van der Waals surface area contributed by atoms with Crippen LogP contribution in [0.3, 0.4) is 0 Å². The summed E-state index contributed by atoms with van der Waals surface area (Å²) in [5, 5.41) is 10.3. The predicted octanol–water partition coefficient (Wildman–Crippen LogP) is 3.84. The molecule has 2 aromatic carbocycles. The molecule has 0 aliphatic rings. The smallest absolute Gasteiger partial charge is 0.194 e. The number of benzene rings is 2. The van der Waals surface area contributed by atoms with Crippen LogP contribution >= 0.6 is 11.6 Å². The topological polar surface area (TPSA) is 20.2 Å². The monoisotopic (exact) mass is 272 g/mol. The van der Waals surface area contributed by atoms with E-state index in [1.807, 2.05) is 0 Å². The van der Waals surface area contributed by atoms with E-state index >= 15 is 0 Å². The predicted molar refractivity (Wildman–Crippen MR) is 61.8 cm³/mol. The fourth-order valence-corrected chi connectivity index (χ4v) is 1.80. The Labute approximate surface area is 106 Å². The maximum atomic E-state index is 13.0. The molecule has 0 fully saturated rings. The average molecular weight is 273 g/mol. The van der Waals surface area contributed by atoms with Gasteiger partial charge in [-0.1, -0.05) is 23.7 Å². The van der Waals surface area contributed by atoms with Gasteiger partial charge in [0.05, 0.1) is 0 Å². The maximum absolute atomic E-state index is 13.0. The van der Waals surface area contributed by atoms with Crippen molar-refractivity contribution >= 4 is 11.6 Å². The van der Waals surface area contributed by atoms with Crippen LogP contribution in [0.4, 0.5) is 13.2 Å². The quantitative estimate of drug-likeness (QED) is 0.824. The molecule has 94 valence electrons. The lowest BCUT2D eigenvalue weighted by atomic mass is 10.0. The third-order valence-corrected chi connectivity index (χ3v) is 2.72. The average Bonchev–Trinajstić information content (AvgIpc) is 2.34. The first kappa shape index (κ1) is 12.9. The Morgan fingerprint density at radius 2 is 1.56 bits per heavy atom. The molecule has 0 spiro atoms. The van der Waals surface area contributed by atoms with Crippen LogP contribution in [0.25, 0.3) is 0 Å². The van der Waals surface area contributed by atoms with Crippen molar-refractivity contribution in [3.05, 3.63) is 70.0 Å². The summed E-state index contributed by atoms with van der Waals surface area (Å²) in [6.07, 6.45) is -1.27. The van der Waals surface area contributed by atoms with Crippen molar-refractivity contribution in [1.29, 1.82) is 0 Å². The molecule has 0 saturated carbocycles. The molecule has 2 rings (SSSR count). The van der Waals surface area contributed by atoms with E-state index in [-0.39, 0.29) is 5.56 Å². The lowest BCUT2D eigenvalue weighted by molar-refractivity contribution is 0.218. The van der Waals surface area contributed by atoms with Gasteiger partial charge >= 0.3 is 0 Å². The highest BCUT2D eigenvalue weighted by molar-refractivity contribution is 6.30. The lowest BCUT2D eigenvalue weighted by Gasteiger charge is -2.12. The van der Waals surface area contributed by atoms with Gasteiger partial charge in [-0.05, 0) is 35.4 Å². The Morgan fingerprint density at radius 3 is 2.11 bits per heavy atom. The number of hydrogen-bond acceptors (Lipinski definition) is 1. The van der Waals surface area contributed by atoms with E-state index < -0.39 is 23.6 Å². The van der Waals surface area contributed by atoms with Crippen molar-refractivity contribution in [3.8, 4) is 0 Å². The molecule has 0 aliphatic carbocycles. The fourth-order valence-electron chi connectivity index (χ4n) is 1.60. The van der Waals surface area contributed by atoms with E-state index in [1.54, 1.807) is 18.2 Å². The molecule has 1 unspecified atom stereocenters. The molecular weight excluding hydrogens is 265 g/mol. The van der Waals surface area contributed by atoms with Gasteiger partial charge in [0.25, 0.3) is 0 Å². The normalized spacial score (nSPS) is 12.5. The minimum atomic E-state index is -1.56. The molecule has 1 atom stereocenters. The summed E-state index contributed by atoms with van der Waals surface area (Å²) < 4.78 is 38.9. The number of halogens is 4. The third-order valence-electron chi connectivity index (χ3n) is 2.49. The summed E-state index contributed by atoms with van der Waals surface area (Å²) in [4.78, 5) is 0. The van der Waals surface area contributed by atoms with Gasteiger partial charge in [0.2, 0.25) is 0 Å². The van der Waals surface area contributed by atoms with E-state index in [0.29, 0.717) is 10.6 Å². The minimum Gasteiger partial charge on any atom is -0.384 e. The largest absolute Gasteiger partial charge is 0.384 e. The van der Waals surface area contributed by atoms with Crippen LogP contribution in [0.5, 0.6) is 0 Å². The summed E-state index contributed by atoms with van der Waals surface area (Å²) in [5.41, 5.74) is 0.293. The van der Waals surface area contributed by atoms with E-state index in [9.17, 15) is 18.3 Å². The van der Waals surface area contributed by atoms with Gasteiger partial charge in [0.15, 0.2) is 17.5 Å². The second kappa shape index (κ2) is 5.00. The molecule has 1 N–H and O–H groups in total. The molecule has 0 bridgehead atoms. The molecule has 1 nitrogen and oxygen atoms in total. The molecule has 0 radical (unpaired) electrons. The van der Waals surface area contributed by atoms with Crippen LogP contribution in [0.1, 0.15) is 17.2 Å². The molecule has 0 heterocycles. The third kappa shape index (κ3) is 2.49. The zero-order chi connectivity index (χ0) is 13.3. The zero-order valence-electron chi connectivity index (χ0n) is 9.00. The van der Waals surface area contributed by atoms with Gasteiger partial charge in [0, 0.05) is 5.02 Å². The zero-order valence-corrected chi connectivity index (χ0v) is 9.76. The highest BCUT2D eigenvalue weighted by Crippen LogP contribution is 2.26. The molecule has 0 aliphatic heterocycles. The van der Waals surface area contributed by atoms with Crippen molar-refractivity contribution in [2.45, 2.75) is 6.10 Å². The van der Waals surface area contributed by atoms with Crippen LogP contribution in [0, 0.1) is 17.5 Å². The molecule has 2 aromatic rings. The fraction of sp³-hybridized carbons (Fsp3) is 0.0769. The van der Waals surface area contributed by atoms with Crippen LogP contribution in [-0.4, -0.2) is 5.11 Å². The first-order chi connectivity index (χ1) is 8.49.